The van der Waals surface area contributed by atoms with Gasteiger partial charge in [-0.25, -0.2) is 9.59 Å². The molecule has 0 unspecified atom stereocenters. The molecule has 0 fully saturated rings. The van der Waals surface area contributed by atoms with Crippen molar-refractivity contribution < 1.29 is 23.8 Å². The molecular weight excluding hydrogens is 272 g/mol. The monoisotopic (exact) mass is 286 g/mol. The fourth-order valence-electron chi connectivity index (χ4n) is 1.66. The Bertz CT molecular complexity index is 571. The zero-order chi connectivity index (χ0) is 15.2. The minimum atomic E-state index is -0.710. The topological polar surface area (TPSA) is 61.8 Å². The van der Waals surface area contributed by atoms with Crippen LogP contribution in [0.2, 0.25) is 0 Å². The van der Waals surface area contributed by atoms with Gasteiger partial charge in [-0.3, -0.25) is 0 Å². The predicted molar refractivity (Wildman–Crippen MR) is 75.7 cm³/mol. The molecule has 0 aliphatic rings. The Kier molecular flexibility index (Phi) is 4.56. The van der Waals surface area contributed by atoms with Crippen LogP contribution in [-0.2, 0) is 4.74 Å². The van der Waals surface area contributed by atoms with Crippen LogP contribution in [0.25, 0.3) is 0 Å². The standard InChI is InChI=1S/C16H14O5/c1-19-13-7-3-11(4-8-13)15(17)21-16(18)12-5-9-14(20-2)10-6-12/h3-10H,1-2H3. The van der Waals surface area contributed by atoms with E-state index in [-0.39, 0.29) is 11.1 Å². The van der Waals surface area contributed by atoms with Crippen molar-refractivity contribution in [3.05, 3.63) is 59.7 Å². The third-order valence-electron chi connectivity index (χ3n) is 2.84. The van der Waals surface area contributed by atoms with Gasteiger partial charge < -0.3 is 14.2 Å². The van der Waals surface area contributed by atoms with Crippen LogP contribution >= 0.6 is 0 Å². The number of carbonyl (C=O) groups excluding carboxylic acids is 2. The number of hydrogen-bond acceptors (Lipinski definition) is 5. The molecule has 0 spiro atoms. The summed E-state index contributed by atoms with van der Waals surface area (Å²) in [5.41, 5.74) is 0.551. The summed E-state index contributed by atoms with van der Waals surface area (Å²) >= 11 is 0. The van der Waals surface area contributed by atoms with Crippen LogP contribution in [0.5, 0.6) is 11.5 Å². The first-order valence-electron chi connectivity index (χ1n) is 6.18. The summed E-state index contributed by atoms with van der Waals surface area (Å²) in [7, 11) is 3.06. The Labute approximate surface area is 122 Å². The maximum Gasteiger partial charge on any atom is 0.346 e. The summed E-state index contributed by atoms with van der Waals surface area (Å²) < 4.78 is 14.8. The lowest BCUT2D eigenvalue weighted by atomic mass is 10.2. The molecule has 0 heterocycles. The lowest BCUT2D eigenvalue weighted by Crippen LogP contribution is -2.12. The highest BCUT2D eigenvalue weighted by atomic mass is 16.6. The van der Waals surface area contributed by atoms with Gasteiger partial charge >= 0.3 is 11.9 Å². The van der Waals surface area contributed by atoms with Crippen molar-refractivity contribution in [3.63, 3.8) is 0 Å². The van der Waals surface area contributed by atoms with Gasteiger partial charge in [-0.05, 0) is 48.5 Å². The first kappa shape index (κ1) is 14.6. The Balaban J connectivity index is 2.05. The van der Waals surface area contributed by atoms with Crippen molar-refractivity contribution in [1.82, 2.24) is 0 Å². The molecule has 0 aromatic heterocycles. The van der Waals surface area contributed by atoms with E-state index in [1.807, 2.05) is 0 Å². The van der Waals surface area contributed by atoms with E-state index in [4.69, 9.17) is 14.2 Å². The van der Waals surface area contributed by atoms with Crippen LogP contribution in [0.1, 0.15) is 20.7 Å². The third kappa shape index (κ3) is 3.60. The highest BCUT2D eigenvalue weighted by Gasteiger charge is 2.15. The van der Waals surface area contributed by atoms with Crippen LogP contribution in [0.15, 0.2) is 48.5 Å². The zero-order valence-corrected chi connectivity index (χ0v) is 11.7. The SMILES string of the molecule is COc1ccc(C(=O)OC(=O)c2ccc(OC)cc2)cc1. The summed E-state index contributed by atoms with van der Waals surface area (Å²) in [6, 6.07) is 12.6. The summed E-state index contributed by atoms with van der Waals surface area (Å²) in [5.74, 6) is -0.182. The Morgan fingerprint density at radius 1 is 0.667 bits per heavy atom. The molecule has 0 atom stereocenters. The molecule has 0 saturated carbocycles. The van der Waals surface area contributed by atoms with E-state index >= 15 is 0 Å². The van der Waals surface area contributed by atoms with Crippen molar-refractivity contribution in [2.24, 2.45) is 0 Å². The number of carbonyl (C=O) groups is 2. The minimum absolute atomic E-state index is 0.276. The molecule has 0 N–H and O–H groups in total. The lowest BCUT2D eigenvalue weighted by molar-refractivity contribution is 0.0398. The highest BCUT2D eigenvalue weighted by molar-refractivity contribution is 6.02. The van der Waals surface area contributed by atoms with Gasteiger partial charge in [-0.15, -0.1) is 0 Å². The summed E-state index contributed by atoms with van der Waals surface area (Å²) in [5, 5.41) is 0. The van der Waals surface area contributed by atoms with Crippen molar-refractivity contribution in [2.75, 3.05) is 14.2 Å². The summed E-state index contributed by atoms with van der Waals surface area (Å²) in [6.45, 7) is 0. The van der Waals surface area contributed by atoms with Gasteiger partial charge in [0.25, 0.3) is 0 Å². The molecule has 21 heavy (non-hydrogen) atoms. The van der Waals surface area contributed by atoms with Crippen LogP contribution in [0.4, 0.5) is 0 Å². The molecule has 2 rings (SSSR count). The van der Waals surface area contributed by atoms with Crippen LogP contribution < -0.4 is 9.47 Å². The fourth-order valence-corrected chi connectivity index (χ4v) is 1.66. The number of benzene rings is 2. The Morgan fingerprint density at radius 2 is 1.00 bits per heavy atom. The molecular formula is C16H14O5. The van der Waals surface area contributed by atoms with Crippen LogP contribution in [-0.4, -0.2) is 26.2 Å². The second-order valence-electron chi connectivity index (χ2n) is 4.13. The molecule has 5 nitrogen and oxygen atoms in total. The van der Waals surface area contributed by atoms with E-state index in [2.05, 4.69) is 0 Å². The normalized spacial score (nSPS) is 9.81. The van der Waals surface area contributed by atoms with Gasteiger partial charge in [-0.1, -0.05) is 0 Å². The van der Waals surface area contributed by atoms with Crippen LogP contribution in [0.3, 0.4) is 0 Å². The van der Waals surface area contributed by atoms with E-state index in [1.54, 1.807) is 24.3 Å². The largest absolute Gasteiger partial charge is 0.497 e. The molecule has 0 bridgehead atoms. The van der Waals surface area contributed by atoms with Crippen molar-refractivity contribution >= 4 is 11.9 Å². The molecule has 0 saturated heterocycles. The van der Waals surface area contributed by atoms with Crippen molar-refractivity contribution in [1.29, 1.82) is 0 Å². The van der Waals surface area contributed by atoms with E-state index in [1.165, 1.54) is 38.5 Å². The van der Waals surface area contributed by atoms with Gasteiger partial charge in [0.05, 0.1) is 25.3 Å². The second-order valence-corrected chi connectivity index (χ2v) is 4.13. The molecule has 0 amide bonds. The summed E-state index contributed by atoms with van der Waals surface area (Å²) in [4.78, 5) is 23.7. The first-order valence-corrected chi connectivity index (χ1v) is 6.18. The molecule has 2 aromatic carbocycles. The first-order chi connectivity index (χ1) is 10.1. The van der Waals surface area contributed by atoms with Crippen LogP contribution in [0, 0.1) is 0 Å². The predicted octanol–water partition coefficient (Wildman–Crippen LogP) is 2.70. The third-order valence-corrected chi connectivity index (χ3v) is 2.84. The minimum Gasteiger partial charge on any atom is -0.497 e. The number of rotatable bonds is 4. The molecule has 5 heteroatoms. The molecule has 108 valence electrons. The van der Waals surface area contributed by atoms with Gasteiger partial charge in [0.1, 0.15) is 11.5 Å². The van der Waals surface area contributed by atoms with E-state index < -0.39 is 11.9 Å². The maximum absolute atomic E-state index is 11.8. The molecule has 2 aromatic rings. The van der Waals surface area contributed by atoms with E-state index in [0.29, 0.717) is 11.5 Å². The average Bonchev–Trinajstić information content (AvgIpc) is 2.55. The average molecular weight is 286 g/mol. The Hall–Kier alpha value is -2.82. The zero-order valence-electron chi connectivity index (χ0n) is 11.7. The quantitative estimate of drug-likeness (QED) is 0.639. The molecule has 0 aliphatic heterocycles. The highest BCUT2D eigenvalue weighted by Crippen LogP contribution is 2.15. The van der Waals surface area contributed by atoms with Gasteiger partial charge in [-0.2, -0.15) is 0 Å². The lowest BCUT2D eigenvalue weighted by Gasteiger charge is -2.05. The van der Waals surface area contributed by atoms with Crippen molar-refractivity contribution in [3.8, 4) is 11.5 Å². The van der Waals surface area contributed by atoms with E-state index in [0.717, 1.165) is 0 Å². The Morgan fingerprint density at radius 3 is 1.29 bits per heavy atom. The number of esters is 2. The van der Waals surface area contributed by atoms with Gasteiger partial charge in [0.15, 0.2) is 0 Å². The molecule has 0 aliphatic carbocycles. The maximum atomic E-state index is 11.8. The number of methoxy groups -OCH3 is 2. The number of hydrogen-bond donors (Lipinski definition) is 0. The van der Waals surface area contributed by atoms with Gasteiger partial charge in [0.2, 0.25) is 0 Å². The van der Waals surface area contributed by atoms with E-state index in [9.17, 15) is 9.59 Å². The second kappa shape index (κ2) is 6.56. The molecule has 0 radical (unpaired) electrons. The number of ether oxygens (including phenoxy) is 3. The van der Waals surface area contributed by atoms with Crippen molar-refractivity contribution in [2.45, 2.75) is 0 Å². The smallest absolute Gasteiger partial charge is 0.346 e. The fraction of sp³-hybridized carbons (Fsp3) is 0.125. The summed E-state index contributed by atoms with van der Waals surface area (Å²) in [6.07, 6.45) is 0. The van der Waals surface area contributed by atoms with Gasteiger partial charge in [0, 0.05) is 0 Å².